The van der Waals surface area contributed by atoms with Gasteiger partial charge in [0.1, 0.15) is 0 Å². The fourth-order valence-corrected chi connectivity index (χ4v) is 3.94. The lowest BCUT2D eigenvalue weighted by Crippen LogP contribution is -2.41. The summed E-state index contributed by atoms with van der Waals surface area (Å²) in [6.07, 6.45) is 0.291. The zero-order valence-corrected chi connectivity index (χ0v) is 16.4. The van der Waals surface area contributed by atoms with Crippen LogP contribution < -0.4 is 4.72 Å². The minimum Gasteiger partial charge on any atom is -0.378 e. The van der Waals surface area contributed by atoms with E-state index in [1.165, 1.54) is 12.1 Å². The SMILES string of the molecule is O=C(Cc1ccc(NS(=O)(=O)c2ccc(Br)cc2)cc1)N1CCOCC1. The Morgan fingerprint density at radius 1 is 1.04 bits per heavy atom. The Balaban J connectivity index is 1.63. The molecule has 0 saturated carbocycles. The molecule has 2 aromatic carbocycles. The first-order valence-electron chi connectivity index (χ1n) is 8.17. The highest BCUT2D eigenvalue weighted by Gasteiger charge is 2.17. The Labute approximate surface area is 161 Å². The van der Waals surface area contributed by atoms with E-state index in [2.05, 4.69) is 20.7 Å². The maximum absolute atomic E-state index is 12.4. The van der Waals surface area contributed by atoms with Crippen molar-refractivity contribution in [2.75, 3.05) is 31.0 Å². The second-order valence-corrected chi connectivity index (χ2v) is 8.52. The highest BCUT2D eigenvalue weighted by molar-refractivity contribution is 9.10. The van der Waals surface area contributed by atoms with Crippen LogP contribution in [0, 0.1) is 0 Å². The van der Waals surface area contributed by atoms with Gasteiger partial charge in [-0.25, -0.2) is 8.42 Å². The van der Waals surface area contributed by atoms with E-state index in [-0.39, 0.29) is 10.8 Å². The van der Waals surface area contributed by atoms with Crippen molar-refractivity contribution >= 4 is 37.5 Å². The predicted molar refractivity (Wildman–Crippen MR) is 102 cm³/mol. The summed E-state index contributed by atoms with van der Waals surface area (Å²) < 4.78 is 33.4. The van der Waals surface area contributed by atoms with Crippen molar-refractivity contribution in [3.8, 4) is 0 Å². The number of carbonyl (C=O) groups is 1. The normalized spacial score (nSPS) is 14.9. The summed E-state index contributed by atoms with van der Waals surface area (Å²) in [6, 6.07) is 13.3. The summed E-state index contributed by atoms with van der Waals surface area (Å²) in [5.41, 5.74) is 1.29. The lowest BCUT2D eigenvalue weighted by atomic mass is 10.1. The van der Waals surface area contributed by atoms with Crippen molar-refractivity contribution < 1.29 is 17.9 Å². The van der Waals surface area contributed by atoms with Crippen molar-refractivity contribution in [3.05, 3.63) is 58.6 Å². The largest absolute Gasteiger partial charge is 0.378 e. The molecule has 1 N–H and O–H groups in total. The van der Waals surface area contributed by atoms with Crippen LogP contribution >= 0.6 is 15.9 Å². The van der Waals surface area contributed by atoms with Crippen LogP contribution in [0.3, 0.4) is 0 Å². The van der Waals surface area contributed by atoms with Gasteiger partial charge in [0.25, 0.3) is 10.0 Å². The first-order valence-corrected chi connectivity index (χ1v) is 10.4. The number of halogens is 1. The quantitative estimate of drug-likeness (QED) is 0.778. The molecule has 8 heteroatoms. The zero-order valence-electron chi connectivity index (χ0n) is 14.0. The Kier molecular flexibility index (Phi) is 5.95. The van der Waals surface area contributed by atoms with Gasteiger partial charge in [-0.3, -0.25) is 9.52 Å². The molecule has 1 saturated heterocycles. The van der Waals surface area contributed by atoms with Gasteiger partial charge in [0.2, 0.25) is 5.91 Å². The fraction of sp³-hybridized carbons (Fsp3) is 0.278. The molecule has 26 heavy (non-hydrogen) atoms. The summed E-state index contributed by atoms with van der Waals surface area (Å²) in [6.45, 7) is 2.37. The number of nitrogens with zero attached hydrogens (tertiary/aromatic N) is 1. The molecule has 2 aromatic rings. The van der Waals surface area contributed by atoms with Crippen LogP contribution in [0.2, 0.25) is 0 Å². The van der Waals surface area contributed by atoms with E-state index >= 15 is 0 Å². The third-order valence-corrected chi connectivity index (χ3v) is 5.98. The van der Waals surface area contributed by atoms with Gasteiger partial charge >= 0.3 is 0 Å². The molecule has 1 fully saturated rings. The van der Waals surface area contributed by atoms with Crippen LogP contribution in [0.4, 0.5) is 5.69 Å². The zero-order chi connectivity index (χ0) is 18.6. The summed E-state index contributed by atoms with van der Waals surface area (Å²) in [5, 5.41) is 0. The van der Waals surface area contributed by atoms with E-state index in [1.54, 1.807) is 41.3 Å². The smallest absolute Gasteiger partial charge is 0.261 e. The van der Waals surface area contributed by atoms with Crippen molar-refractivity contribution in [1.82, 2.24) is 4.90 Å². The van der Waals surface area contributed by atoms with Gasteiger partial charge in [-0.15, -0.1) is 0 Å². The van der Waals surface area contributed by atoms with Crippen LogP contribution in [0.15, 0.2) is 57.9 Å². The number of sulfonamides is 1. The van der Waals surface area contributed by atoms with Crippen LogP contribution in [0.1, 0.15) is 5.56 Å². The van der Waals surface area contributed by atoms with Gasteiger partial charge in [0, 0.05) is 23.2 Å². The number of hydrogen-bond donors (Lipinski definition) is 1. The molecular weight excluding hydrogens is 420 g/mol. The van der Waals surface area contributed by atoms with Crippen molar-refractivity contribution in [1.29, 1.82) is 0 Å². The molecule has 1 heterocycles. The molecule has 1 aliphatic heterocycles. The fourth-order valence-electron chi connectivity index (χ4n) is 2.62. The number of ether oxygens (including phenoxy) is 1. The molecule has 0 bridgehead atoms. The van der Waals surface area contributed by atoms with E-state index in [4.69, 9.17) is 4.74 Å². The maximum Gasteiger partial charge on any atom is 0.261 e. The standard InChI is InChI=1S/C18H19BrN2O4S/c19-15-3-7-17(8-4-15)26(23,24)20-16-5-1-14(2-6-16)13-18(22)21-9-11-25-12-10-21/h1-8,20H,9-13H2. The Hall–Kier alpha value is -1.90. The first kappa shape index (κ1) is 18.9. The molecule has 3 rings (SSSR count). The number of anilines is 1. The number of morpholine rings is 1. The van der Waals surface area contributed by atoms with Crippen molar-refractivity contribution in [2.45, 2.75) is 11.3 Å². The maximum atomic E-state index is 12.4. The number of carbonyl (C=O) groups excluding carboxylic acids is 1. The van der Waals surface area contributed by atoms with Crippen LogP contribution in [0.25, 0.3) is 0 Å². The number of hydrogen-bond acceptors (Lipinski definition) is 4. The van der Waals surface area contributed by atoms with Gasteiger partial charge < -0.3 is 9.64 Å². The monoisotopic (exact) mass is 438 g/mol. The van der Waals surface area contributed by atoms with Gasteiger partial charge in [0.15, 0.2) is 0 Å². The van der Waals surface area contributed by atoms with E-state index in [0.717, 1.165) is 10.0 Å². The lowest BCUT2D eigenvalue weighted by molar-refractivity contribution is -0.134. The number of amides is 1. The average Bonchev–Trinajstić information content (AvgIpc) is 2.64. The van der Waals surface area contributed by atoms with Gasteiger partial charge in [-0.05, 0) is 42.0 Å². The number of benzene rings is 2. The minimum atomic E-state index is -3.64. The third-order valence-electron chi connectivity index (χ3n) is 4.05. The molecule has 0 aromatic heterocycles. The Morgan fingerprint density at radius 3 is 2.27 bits per heavy atom. The molecular formula is C18H19BrN2O4S. The molecule has 0 radical (unpaired) electrons. The third kappa shape index (κ3) is 4.84. The summed E-state index contributed by atoms with van der Waals surface area (Å²) in [7, 11) is -3.64. The topological polar surface area (TPSA) is 75.7 Å². The molecule has 0 aliphatic carbocycles. The van der Waals surface area contributed by atoms with Gasteiger partial charge in [0.05, 0.1) is 24.5 Å². The van der Waals surface area contributed by atoms with E-state index in [0.29, 0.717) is 38.4 Å². The lowest BCUT2D eigenvalue weighted by Gasteiger charge is -2.26. The first-order chi connectivity index (χ1) is 12.4. The Bertz CT molecular complexity index is 861. The second-order valence-electron chi connectivity index (χ2n) is 5.93. The van der Waals surface area contributed by atoms with E-state index < -0.39 is 10.0 Å². The highest BCUT2D eigenvalue weighted by Crippen LogP contribution is 2.19. The summed E-state index contributed by atoms with van der Waals surface area (Å²) in [5.74, 6) is 0.0523. The second kappa shape index (κ2) is 8.20. The van der Waals surface area contributed by atoms with Crippen LogP contribution in [-0.4, -0.2) is 45.5 Å². The average molecular weight is 439 g/mol. The molecule has 6 nitrogen and oxygen atoms in total. The van der Waals surface area contributed by atoms with Crippen molar-refractivity contribution in [2.24, 2.45) is 0 Å². The Morgan fingerprint density at radius 2 is 1.65 bits per heavy atom. The van der Waals surface area contributed by atoms with Gasteiger partial charge in [-0.1, -0.05) is 28.1 Å². The van der Waals surface area contributed by atoms with Crippen LogP contribution in [-0.2, 0) is 26.0 Å². The molecule has 138 valence electrons. The van der Waals surface area contributed by atoms with Crippen molar-refractivity contribution in [3.63, 3.8) is 0 Å². The molecule has 1 aliphatic rings. The molecule has 0 unspecified atom stereocenters. The molecule has 1 amide bonds. The minimum absolute atomic E-state index is 0.0523. The number of rotatable bonds is 5. The summed E-state index contributed by atoms with van der Waals surface area (Å²) >= 11 is 3.28. The van der Waals surface area contributed by atoms with Crippen LogP contribution in [0.5, 0.6) is 0 Å². The van der Waals surface area contributed by atoms with E-state index in [9.17, 15) is 13.2 Å². The van der Waals surface area contributed by atoms with E-state index in [1.807, 2.05) is 0 Å². The predicted octanol–water partition coefficient (Wildman–Crippen LogP) is 2.65. The van der Waals surface area contributed by atoms with Gasteiger partial charge in [-0.2, -0.15) is 0 Å². The highest BCUT2D eigenvalue weighted by atomic mass is 79.9. The molecule has 0 spiro atoms. The summed E-state index contributed by atoms with van der Waals surface area (Å²) in [4.78, 5) is 14.2. The molecule has 0 atom stereocenters. The number of nitrogens with one attached hydrogen (secondary N) is 1.